The van der Waals surface area contributed by atoms with Crippen LogP contribution < -0.4 is 0 Å². The molecule has 2 aromatic carbocycles. The largest absolute Gasteiger partial charge is 0.504 e. The number of nitro groups is 1. The predicted molar refractivity (Wildman–Crippen MR) is 67.0 cm³/mol. The van der Waals surface area contributed by atoms with Crippen molar-refractivity contribution in [3.8, 4) is 11.5 Å². The summed E-state index contributed by atoms with van der Waals surface area (Å²) in [5.74, 6) is -0.760. The fourth-order valence-electron chi connectivity index (χ4n) is 1.41. The molecule has 19 heavy (non-hydrogen) atoms. The van der Waals surface area contributed by atoms with Gasteiger partial charge in [-0.1, -0.05) is 18.2 Å². The Balaban J connectivity index is 2.38. The lowest BCUT2D eigenvalue weighted by atomic mass is 10.3. The van der Waals surface area contributed by atoms with E-state index in [1.807, 2.05) is 0 Å². The number of aromatic hydroxyl groups is 2. The number of azo groups is 1. The van der Waals surface area contributed by atoms with Crippen LogP contribution >= 0.6 is 0 Å². The summed E-state index contributed by atoms with van der Waals surface area (Å²) in [5, 5.41) is 37.0. The molecule has 0 unspecified atom stereocenters. The third-order valence-electron chi connectivity index (χ3n) is 2.34. The lowest BCUT2D eigenvalue weighted by Crippen LogP contribution is -1.86. The van der Waals surface area contributed by atoms with Crippen molar-refractivity contribution in [3.63, 3.8) is 0 Å². The van der Waals surface area contributed by atoms with Crippen molar-refractivity contribution in [3.05, 3.63) is 52.6 Å². The molecule has 7 nitrogen and oxygen atoms in total. The minimum absolute atomic E-state index is 0.0261. The molecule has 0 heterocycles. The Morgan fingerprint density at radius 3 is 2.32 bits per heavy atom. The molecule has 96 valence electrons. The summed E-state index contributed by atoms with van der Waals surface area (Å²) in [6, 6.07) is 10.0. The van der Waals surface area contributed by atoms with E-state index >= 15 is 0 Å². The fourth-order valence-corrected chi connectivity index (χ4v) is 1.41. The predicted octanol–water partition coefficient (Wildman–Crippen LogP) is 3.42. The molecule has 0 spiro atoms. The third kappa shape index (κ3) is 2.65. The highest BCUT2D eigenvalue weighted by Crippen LogP contribution is 2.36. The first kappa shape index (κ1) is 12.5. The summed E-state index contributed by atoms with van der Waals surface area (Å²) in [6.45, 7) is 0. The van der Waals surface area contributed by atoms with E-state index < -0.39 is 10.7 Å². The van der Waals surface area contributed by atoms with Crippen LogP contribution in [0, 0.1) is 10.1 Å². The van der Waals surface area contributed by atoms with Crippen molar-refractivity contribution in [1.29, 1.82) is 0 Å². The van der Waals surface area contributed by atoms with Gasteiger partial charge in [0.25, 0.3) is 5.69 Å². The molecule has 0 aliphatic heterocycles. The molecule has 0 saturated heterocycles. The molecule has 0 radical (unpaired) electrons. The van der Waals surface area contributed by atoms with E-state index in [4.69, 9.17) is 0 Å². The third-order valence-corrected chi connectivity index (χ3v) is 2.34. The lowest BCUT2D eigenvalue weighted by Gasteiger charge is -1.99. The molecule has 0 aromatic heterocycles. The molecular weight excluding hydrogens is 250 g/mol. The molecule has 0 aliphatic rings. The van der Waals surface area contributed by atoms with Crippen molar-refractivity contribution < 1.29 is 15.1 Å². The van der Waals surface area contributed by atoms with Crippen LogP contribution in [-0.4, -0.2) is 15.1 Å². The van der Waals surface area contributed by atoms with E-state index in [2.05, 4.69) is 10.2 Å². The first-order valence-corrected chi connectivity index (χ1v) is 5.25. The van der Waals surface area contributed by atoms with Crippen LogP contribution in [0.15, 0.2) is 52.7 Å². The van der Waals surface area contributed by atoms with Gasteiger partial charge < -0.3 is 10.2 Å². The van der Waals surface area contributed by atoms with Crippen LogP contribution in [0.4, 0.5) is 17.1 Å². The Morgan fingerprint density at radius 1 is 0.947 bits per heavy atom. The number of hydrogen-bond donors (Lipinski definition) is 2. The number of nitrogens with zero attached hydrogens (tertiary/aromatic N) is 3. The van der Waals surface area contributed by atoms with Crippen LogP contribution in [0.3, 0.4) is 0 Å². The molecule has 0 atom stereocenters. The molecule has 0 amide bonds. The average Bonchev–Trinajstić information content (AvgIpc) is 2.40. The van der Waals surface area contributed by atoms with Gasteiger partial charge in [0, 0.05) is 6.07 Å². The van der Waals surface area contributed by atoms with Gasteiger partial charge in [-0.2, -0.15) is 0 Å². The summed E-state index contributed by atoms with van der Waals surface area (Å²) >= 11 is 0. The molecule has 2 aromatic rings. The average molecular weight is 259 g/mol. The van der Waals surface area contributed by atoms with Crippen LogP contribution in [0.2, 0.25) is 0 Å². The van der Waals surface area contributed by atoms with Crippen molar-refractivity contribution in [2.45, 2.75) is 0 Å². The van der Waals surface area contributed by atoms with Crippen molar-refractivity contribution in [2.75, 3.05) is 0 Å². The molecule has 7 heteroatoms. The summed E-state index contributed by atoms with van der Waals surface area (Å²) in [7, 11) is 0. The Hall–Kier alpha value is -2.96. The van der Waals surface area contributed by atoms with Gasteiger partial charge in [-0.3, -0.25) is 10.1 Å². The summed E-state index contributed by atoms with van der Waals surface area (Å²) in [4.78, 5) is 10.2. The normalized spacial score (nSPS) is 10.7. The molecule has 0 fully saturated rings. The van der Waals surface area contributed by atoms with E-state index in [-0.39, 0.29) is 22.8 Å². The molecular formula is C12H9N3O4. The number of hydrogen-bond acceptors (Lipinski definition) is 6. The first-order chi connectivity index (χ1) is 9.09. The standard InChI is InChI=1S/C12H9N3O4/c16-11-7-3-5-9(12(11)17)14-13-8-4-1-2-6-10(8)15(18)19/h1-7,16-17H. The van der Waals surface area contributed by atoms with E-state index in [0.29, 0.717) is 0 Å². The number of rotatable bonds is 3. The van der Waals surface area contributed by atoms with Crippen molar-refractivity contribution in [2.24, 2.45) is 10.2 Å². The SMILES string of the molecule is O=[N+]([O-])c1ccccc1N=Nc1cccc(O)c1O. The maximum Gasteiger partial charge on any atom is 0.296 e. The minimum Gasteiger partial charge on any atom is -0.504 e. The van der Waals surface area contributed by atoms with Crippen LogP contribution in [0.5, 0.6) is 11.5 Å². The Labute approximate surface area is 107 Å². The van der Waals surface area contributed by atoms with Crippen molar-refractivity contribution in [1.82, 2.24) is 0 Å². The Morgan fingerprint density at radius 2 is 1.58 bits per heavy atom. The zero-order chi connectivity index (χ0) is 13.8. The van der Waals surface area contributed by atoms with Gasteiger partial charge in [0.15, 0.2) is 17.2 Å². The minimum atomic E-state index is -0.573. The highest BCUT2D eigenvalue weighted by Gasteiger charge is 2.12. The molecule has 0 saturated carbocycles. The zero-order valence-electron chi connectivity index (χ0n) is 9.59. The van der Waals surface area contributed by atoms with Gasteiger partial charge in [-0.15, -0.1) is 10.2 Å². The number of para-hydroxylation sites is 2. The van der Waals surface area contributed by atoms with Gasteiger partial charge in [0.1, 0.15) is 5.69 Å². The highest BCUT2D eigenvalue weighted by molar-refractivity contribution is 5.60. The molecule has 0 aliphatic carbocycles. The van der Waals surface area contributed by atoms with Crippen molar-refractivity contribution >= 4 is 17.1 Å². The number of nitro benzene ring substituents is 1. The topological polar surface area (TPSA) is 108 Å². The summed E-state index contributed by atoms with van der Waals surface area (Å²) in [5.41, 5.74) is -0.0979. The fraction of sp³-hybridized carbons (Fsp3) is 0. The van der Waals surface area contributed by atoms with Crippen LogP contribution in [0.25, 0.3) is 0 Å². The zero-order valence-corrected chi connectivity index (χ0v) is 9.59. The van der Waals surface area contributed by atoms with E-state index in [1.165, 1.54) is 36.4 Å². The highest BCUT2D eigenvalue weighted by atomic mass is 16.6. The van der Waals surface area contributed by atoms with Gasteiger partial charge in [0.05, 0.1) is 4.92 Å². The van der Waals surface area contributed by atoms with Crippen LogP contribution in [-0.2, 0) is 0 Å². The number of phenolic OH excluding ortho intramolecular Hbond substituents is 2. The van der Waals surface area contributed by atoms with E-state index in [1.54, 1.807) is 6.07 Å². The quantitative estimate of drug-likeness (QED) is 0.381. The second-order valence-electron chi connectivity index (χ2n) is 3.59. The van der Waals surface area contributed by atoms with E-state index in [9.17, 15) is 20.3 Å². The summed E-state index contributed by atoms with van der Waals surface area (Å²) < 4.78 is 0. The molecule has 0 bridgehead atoms. The molecule has 2 N–H and O–H groups in total. The second kappa shape index (κ2) is 5.13. The Bertz CT molecular complexity index is 655. The molecule has 2 rings (SSSR count). The maximum atomic E-state index is 10.8. The lowest BCUT2D eigenvalue weighted by molar-refractivity contribution is -0.384. The second-order valence-corrected chi connectivity index (χ2v) is 3.59. The smallest absolute Gasteiger partial charge is 0.296 e. The monoisotopic (exact) mass is 259 g/mol. The van der Waals surface area contributed by atoms with Gasteiger partial charge in [-0.05, 0) is 18.2 Å². The first-order valence-electron chi connectivity index (χ1n) is 5.25. The number of benzene rings is 2. The summed E-state index contributed by atoms with van der Waals surface area (Å²) in [6.07, 6.45) is 0. The van der Waals surface area contributed by atoms with Gasteiger partial charge in [0.2, 0.25) is 0 Å². The van der Waals surface area contributed by atoms with E-state index in [0.717, 1.165) is 0 Å². The Kier molecular flexibility index (Phi) is 3.37. The van der Waals surface area contributed by atoms with Gasteiger partial charge in [-0.25, -0.2) is 0 Å². The van der Waals surface area contributed by atoms with Gasteiger partial charge >= 0.3 is 0 Å². The maximum absolute atomic E-state index is 10.8. The van der Waals surface area contributed by atoms with Crippen LogP contribution in [0.1, 0.15) is 0 Å². The number of phenols is 2.